The van der Waals surface area contributed by atoms with E-state index < -0.39 is 0 Å². The minimum Gasteiger partial charge on any atom is -0.490 e. The third kappa shape index (κ3) is 6.68. The molecule has 20 heavy (non-hydrogen) atoms. The lowest BCUT2D eigenvalue weighted by Gasteiger charge is -2.22. The minimum atomic E-state index is 0.376. The fourth-order valence-corrected chi connectivity index (χ4v) is 2.14. The summed E-state index contributed by atoms with van der Waals surface area (Å²) in [5.41, 5.74) is 5.78. The largest absolute Gasteiger partial charge is 0.490 e. The van der Waals surface area contributed by atoms with E-state index in [-0.39, 0.29) is 0 Å². The number of rotatable bonds is 5. The fraction of sp³-hybridized carbons (Fsp3) is 0.562. The van der Waals surface area contributed by atoms with Gasteiger partial charge in [0.25, 0.3) is 0 Å². The predicted octanol–water partition coefficient (Wildman–Crippen LogP) is 2.38. The van der Waals surface area contributed by atoms with E-state index in [0.717, 1.165) is 38.0 Å². The average molecular weight is 278 g/mol. The van der Waals surface area contributed by atoms with E-state index in [1.54, 1.807) is 12.1 Å². The highest BCUT2D eigenvalue weighted by atomic mass is 16.5. The molecule has 0 atom stereocenters. The van der Waals surface area contributed by atoms with Crippen molar-refractivity contribution in [2.45, 2.75) is 38.2 Å². The van der Waals surface area contributed by atoms with Crippen LogP contribution in [0.2, 0.25) is 0 Å². The molecule has 1 aromatic rings. The van der Waals surface area contributed by atoms with Crippen molar-refractivity contribution in [2.24, 2.45) is 5.73 Å². The molecule has 1 aliphatic carbocycles. The van der Waals surface area contributed by atoms with Gasteiger partial charge in [-0.2, -0.15) is 0 Å². The second kappa shape index (κ2) is 10.4. The van der Waals surface area contributed by atoms with Gasteiger partial charge in [0.15, 0.2) is 0 Å². The van der Waals surface area contributed by atoms with Crippen LogP contribution in [-0.2, 0) is 0 Å². The summed E-state index contributed by atoms with van der Waals surface area (Å²) in [6, 6.07) is 7.34. The highest BCUT2D eigenvalue weighted by Gasteiger charge is 2.14. The molecule has 2 rings (SSSR count). The third-order valence-corrected chi connectivity index (χ3v) is 3.27. The number of nitrogens with one attached hydrogen (secondary N) is 1. The van der Waals surface area contributed by atoms with Gasteiger partial charge in [0.05, 0.1) is 6.10 Å². The quantitative estimate of drug-likeness (QED) is 0.812. The van der Waals surface area contributed by atoms with Crippen LogP contribution in [-0.4, -0.2) is 32.5 Å². The zero-order chi connectivity index (χ0) is 14.6. The Hall–Kier alpha value is -1.39. The number of ether oxygens (including phenoxy) is 1. The van der Waals surface area contributed by atoms with E-state index in [2.05, 4.69) is 5.32 Å². The lowest BCUT2D eigenvalue weighted by atomic mass is 9.98. The van der Waals surface area contributed by atoms with Crippen molar-refractivity contribution in [1.82, 2.24) is 5.32 Å². The molecule has 0 heterocycles. The van der Waals surface area contributed by atoms with Gasteiger partial charge in [-0.3, -0.25) is 4.79 Å². The molecule has 0 saturated heterocycles. The fourth-order valence-electron chi connectivity index (χ4n) is 2.14. The van der Waals surface area contributed by atoms with Crippen molar-refractivity contribution < 1.29 is 9.53 Å². The first-order valence-corrected chi connectivity index (χ1v) is 7.36. The highest BCUT2D eigenvalue weighted by Crippen LogP contribution is 2.23. The summed E-state index contributed by atoms with van der Waals surface area (Å²) in [5.74, 6) is 0.882. The van der Waals surface area contributed by atoms with Crippen molar-refractivity contribution in [3.8, 4) is 5.75 Å². The van der Waals surface area contributed by atoms with Crippen LogP contribution < -0.4 is 15.8 Å². The van der Waals surface area contributed by atoms with Crippen LogP contribution in [0.15, 0.2) is 24.3 Å². The summed E-state index contributed by atoms with van der Waals surface area (Å²) >= 11 is 0. The Morgan fingerprint density at radius 2 is 1.90 bits per heavy atom. The van der Waals surface area contributed by atoms with Gasteiger partial charge < -0.3 is 15.8 Å². The summed E-state index contributed by atoms with van der Waals surface area (Å²) in [4.78, 5) is 10.5. The number of carbonyl (C=O) groups is 1. The van der Waals surface area contributed by atoms with Gasteiger partial charge in [-0.05, 0) is 57.0 Å². The molecular formula is C16H26N2O2. The summed E-state index contributed by atoms with van der Waals surface area (Å²) in [7, 11) is 1.88. The summed E-state index contributed by atoms with van der Waals surface area (Å²) < 4.78 is 5.84. The first-order chi connectivity index (χ1) is 9.80. The van der Waals surface area contributed by atoms with Crippen LogP contribution in [0.4, 0.5) is 0 Å². The molecule has 4 nitrogen and oxygen atoms in total. The Morgan fingerprint density at radius 3 is 2.35 bits per heavy atom. The van der Waals surface area contributed by atoms with Gasteiger partial charge in [-0.15, -0.1) is 0 Å². The van der Waals surface area contributed by atoms with Crippen LogP contribution in [0.25, 0.3) is 0 Å². The monoisotopic (exact) mass is 278 g/mol. The van der Waals surface area contributed by atoms with Gasteiger partial charge in [0, 0.05) is 18.7 Å². The van der Waals surface area contributed by atoms with Crippen molar-refractivity contribution in [1.29, 1.82) is 0 Å². The van der Waals surface area contributed by atoms with Crippen LogP contribution in [0.5, 0.6) is 5.75 Å². The number of aldehydes is 1. The third-order valence-electron chi connectivity index (χ3n) is 3.27. The van der Waals surface area contributed by atoms with Gasteiger partial charge in [0.1, 0.15) is 12.0 Å². The molecule has 4 heteroatoms. The molecule has 0 radical (unpaired) electrons. The first kappa shape index (κ1) is 16.7. The number of nitrogens with two attached hydrogens (primary N) is 1. The van der Waals surface area contributed by atoms with E-state index in [0.29, 0.717) is 11.7 Å². The number of carbonyl (C=O) groups excluding carboxylic acids is 1. The molecule has 0 unspecified atom stereocenters. The highest BCUT2D eigenvalue weighted by molar-refractivity contribution is 5.74. The maximum absolute atomic E-state index is 10.5. The number of benzene rings is 1. The lowest BCUT2D eigenvalue weighted by molar-refractivity contribution is 0.112. The molecule has 0 amide bonds. The number of hydrogen-bond donors (Lipinski definition) is 2. The van der Waals surface area contributed by atoms with E-state index in [4.69, 9.17) is 10.5 Å². The van der Waals surface area contributed by atoms with E-state index in [1.807, 2.05) is 19.2 Å². The predicted molar refractivity (Wildman–Crippen MR) is 82.3 cm³/mol. The Morgan fingerprint density at radius 1 is 1.25 bits per heavy atom. The smallest absolute Gasteiger partial charge is 0.150 e. The van der Waals surface area contributed by atoms with Crippen LogP contribution in [0.3, 0.4) is 0 Å². The zero-order valence-electron chi connectivity index (χ0n) is 12.3. The maximum atomic E-state index is 10.5. The molecule has 0 bridgehead atoms. The summed E-state index contributed by atoms with van der Waals surface area (Å²) in [6.07, 6.45) is 7.44. The topological polar surface area (TPSA) is 64.3 Å². The molecule has 1 aromatic carbocycles. The lowest BCUT2D eigenvalue weighted by Crippen LogP contribution is -2.19. The second-order valence-corrected chi connectivity index (χ2v) is 4.96. The molecule has 0 aliphatic heterocycles. The standard InChI is InChI=1S/C13H16O2.C3H10N2/c14-10-11-6-8-13(9-7-11)15-12-4-2-1-3-5-12;1-5-3-2-4/h6-10,12H,1-5H2;5H,2-4H2,1H3. The molecule has 1 fully saturated rings. The molecule has 1 saturated carbocycles. The van der Waals surface area contributed by atoms with Crippen molar-refractivity contribution in [3.63, 3.8) is 0 Å². The minimum absolute atomic E-state index is 0.376. The first-order valence-electron chi connectivity index (χ1n) is 7.36. The van der Waals surface area contributed by atoms with Crippen molar-refractivity contribution in [2.75, 3.05) is 20.1 Å². The van der Waals surface area contributed by atoms with Gasteiger partial charge in [-0.25, -0.2) is 0 Å². The number of hydrogen-bond acceptors (Lipinski definition) is 4. The van der Waals surface area contributed by atoms with Crippen LogP contribution >= 0.6 is 0 Å². The Bertz CT molecular complexity index is 357. The molecule has 1 aliphatic rings. The molecule has 0 aromatic heterocycles. The van der Waals surface area contributed by atoms with E-state index in [9.17, 15) is 4.79 Å². The Labute approximate surface area is 121 Å². The SMILES string of the molecule is CNCCN.O=Cc1ccc(OC2CCCCC2)cc1. The van der Waals surface area contributed by atoms with Gasteiger partial charge in [0.2, 0.25) is 0 Å². The Kier molecular flexibility index (Phi) is 8.67. The summed E-state index contributed by atoms with van der Waals surface area (Å²) in [5, 5.41) is 2.89. The maximum Gasteiger partial charge on any atom is 0.150 e. The van der Waals surface area contributed by atoms with Gasteiger partial charge >= 0.3 is 0 Å². The van der Waals surface area contributed by atoms with Crippen LogP contribution in [0.1, 0.15) is 42.5 Å². The molecular weight excluding hydrogens is 252 g/mol. The zero-order valence-corrected chi connectivity index (χ0v) is 12.3. The Balaban J connectivity index is 0.000000347. The van der Waals surface area contributed by atoms with Crippen molar-refractivity contribution >= 4 is 6.29 Å². The second-order valence-electron chi connectivity index (χ2n) is 4.96. The number of likely N-dealkylation sites (N-methyl/N-ethyl adjacent to an activating group) is 1. The molecule has 3 N–H and O–H groups in total. The van der Waals surface area contributed by atoms with E-state index >= 15 is 0 Å². The van der Waals surface area contributed by atoms with E-state index in [1.165, 1.54) is 19.3 Å². The molecule has 112 valence electrons. The average Bonchev–Trinajstić information content (AvgIpc) is 2.50. The summed E-state index contributed by atoms with van der Waals surface area (Å²) in [6.45, 7) is 1.65. The molecule has 0 spiro atoms. The van der Waals surface area contributed by atoms with Crippen molar-refractivity contribution in [3.05, 3.63) is 29.8 Å². The normalized spacial score (nSPS) is 15.1. The van der Waals surface area contributed by atoms with Crippen LogP contribution in [0, 0.1) is 0 Å². The van der Waals surface area contributed by atoms with Gasteiger partial charge in [-0.1, -0.05) is 6.42 Å².